The van der Waals surface area contributed by atoms with Gasteiger partial charge < -0.3 is 10.1 Å². The quantitative estimate of drug-likeness (QED) is 0.751. The summed E-state index contributed by atoms with van der Waals surface area (Å²) in [6.45, 7) is 5.27. The van der Waals surface area contributed by atoms with Crippen LogP contribution in [0.5, 0.6) is 0 Å². The molecule has 0 radical (unpaired) electrons. The second-order valence-corrected chi connectivity index (χ2v) is 4.53. The van der Waals surface area contributed by atoms with E-state index in [1.807, 2.05) is 0 Å². The topological polar surface area (TPSA) is 71.4 Å². The molecule has 2 rings (SSSR count). The van der Waals surface area contributed by atoms with Crippen LogP contribution in [-0.2, 0) is 11.8 Å². The molecule has 2 amide bonds. The zero-order valence-corrected chi connectivity index (χ0v) is 11.3. The predicted molar refractivity (Wildman–Crippen MR) is 72.1 cm³/mol. The molecule has 1 fully saturated rings. The van der Waals surface area contributed by atoms with Crippen LogP contribution in [0.1, 0.15) is 6.42 Å². The molecule has 0 bridgehead atoms. The number of urea groups is 1. The molecule has 7 heteroatoms. The van der Waals surface area contributed by atoms with Crippen LogP contribution in [-0.4, -0.2) is 60.1 Å². The fraction of sp³-hybridized carbons (Fsp3) is 0.667. The first-order chi connectivity index (χ1) is 9.25. The van der Waals surface area contributed by atoms with E-state index in [1.54, 1.807) is 24.0 Å². The van der Waals surface area contributed by atoms with Crippen molar-refractivity contribution in [3.05, 3.63) is 12.3 Å². The van der Waals surface area contributed by atoms with Gasteiger partial charge in [-0.15, -0.1) is 0 Å². The minimum atomic E-state index is -0.189. The number of rotatable bonds is 5. The zero-order valence-electron chi connectivity index (χ0n) is 11.3. The Morgan fingerprint density at radius 1 is 1.47 bits per heavy atom. The maximum atomic E-state index is 11.6. The van der Waals surface area contributed by atoms with Crippen molar-refractivity contribution < 1.29 is 9.53 Å². The molecule has 2 heterocycles. The van der Waals surface area contributed by atoms with Crippen LogP contribution >= 0.6 is 0 Å². The van der Waals surface area contributed by atoms with Crippen LogP contribution < -0.4 is 10.6 Å². The molecule has 0 aromatic carbocycles. The van der Waals surface area contributed by atoms with Crippen LogP contribution in [0.4, 0.5) is 10.6 Å². The van der Waals surface area contributed by atoms with Gasteiger partial charge in [-0.1, -0.05) is 0 Å². The van der Waals surface area contributed by atoms with Gasteiger partial charge in [-0.3, -0.25) is 14.9 Å². The molecule has 19 heavy (non-hydrogen) atoms. The molecule has 106 valence electrons. The predicted octanol–water partition coefficient (Wildman–Crippen LogP) is 0.264. The van der Waals surface area contributed by atoms with Crippen molar-refractivity contribution in [3.8, 4) is 0 Å². The van der Waals surface area contributed by atoms with E-state index >= 15 is 0 Å². The summed E-state index contributed by atoms with van der Waals surface area (Å²) in [5.41, 5.74) is 0. The number of nitrogens with zero attached hydrogens (tertiary/aromatic N) is 3. The highest BCUT2D eigenvalue weighted by molar-refractivity contribution is 5.88. The summed E-state index contributed by atoms with van der Waals surface area (Å²) in [7, 11) is 1.79. The van der Waals surface area contributed by atoms with Gasteiger partial charge in [0, 0.05) is 32.7 Å². The van der Waals surface area contributed by atoms with Gasteiger partial charge in [-0.2, -0.15) is 5.10 Å². The van der Waals surface area contributed by atoms with Gasteiger partial charge in [0.1, 0.15) is 5.82 Å². The second-order valence-electron chi connectivity index (χ2n) is 4.53. The summed E-state index contributed by atoms with van der Waals surface area (Å²) >= 11 is 0. The average Bonchev–Trinajstić information content (AvgIpc) is 2.82. The smallest absolute Gasteiger partial charge is 0.320 e. The summed E-state index contributed by atoms with van der Waals surface area (Å²) in [6.07, 6.45) is 2.59. The Balaban J connectivity index is 1.57. The number of carbonyl (C=O) groups excluding carboxylic acids is 1. The van der Waals surface area contributed by atoms with E-state index in [-0.39, 0.29) is 6.03 Å². The Morgan fingerprint density at radius 3 is 2.95 bits per heavy atom. The third-order valence-corrected chi connectivity index (χ3v) is 3.10. The maximum absolute atomic E-state index is 11.6. The van der Waals surface area contributed by atoms with E-state index in [0.717, 1.165) is 39.3 Å². The first kappa shape index (κ1) is 13.8. The third kappa shape index (κ3) is 4.53. The molecule has 1 saturated heterocycles. The minimum Gasteiger partial charge on any atom is -0.379 e. The highest BCUT2D eigenvalue weighted by atomic mass is 16.5. The number of morpholine rings is 1. The average molecular weight is 267 g/mol. The number of aromatic nitrogens is 2. The maximum Gasteiger partial charge on any atom is 0.320 e. The molecule has 1 aliphatic rings. The van der Waals surface area contributed by atoms with Crippen LogP contribution in [0, 0.1) is 0 Å². The Morgan fingerprint density at radius 2 is 2.26 bits per heavy atom. The highest BCUT2D eigenvalue weighted by Crippen LogP contribution is 2.02. The Kier molecular flexibility index (Phi) is 5.17. The Labute approximate surface area is 112 Å². The largest absolute Gasteiger partial charge is 0.379 e. The minimum absolute atomic E-state index is 0.189. The van der Waals surface area contributed by atoms with Crippen molar-refractivity contribution in [1.82, 2.24) is 20.0 Å². The van der Waals surface area contributed by atoms with Crippen molar-refractivity contribution in [2.24, 2.45) is 7.05 Å². The normalized spacial score (nSPS) is 16.3. The molecular formula is C12H21N5O2. The molecule has 2 N–H and O–H groups in total. The van der Waals surface area contributed by atoms with Crippen LogP contribution in [0.15, 0.2) is 12.3 Å². The molecule has 0 aliphatic carbocycles. The van der Waals surface area contributed by atoms with E-state index in [1.165, 1.54) is 0 Å². The monoisotopic (exact) mass is 267 g/mol. The van der Waals surface area contributed by atoms with Gasteiger partial charge in [0.25, 0.3) is 0 Å². The third-order valence-electron chi connectivity index (χ3n) is 3.10. The number of anilines is 1. The lowest BCUT2D eigenvalue weighted by Crippen LogP contribution is -2.38. The first-order valence-electron chi connectivity index (χ1n) is 6.58. The molecule has 0 unspecified atom stereocenters. The molecular weight excluding hydrogens is 246 g/mol. The van der Waals surface area contributed by atoms with Crippen LogP contribution in [0.2, 0.25) is 0 Å². The van der Waals surface area contributed by atoms with Gasteiger partial charge in [-0.25, -0.2) is 4.79 Å². The van der Waals surface area contributed by atoms with E-state index < -0.39 is 0 Å². The summed E-state index contributed by atoms with van der Waals surface area (Å²) in [5, 5.41) is 9.57. The van der Waals surface area contributed by atoms with Crippen LogP contribution in [0.25, 0.3) is 0 Å². The first-order valence-corrected chi connectivity index (χ1v) is 6.58. The lowest BCUT2D eigenvalue weighted by molar-refractivity contribution is 0.0375. The standard InChI is InChI=1S/C12H21N5O2/c1-16-11(3-5-14-16)15-12(18)13-4-2-6-17-7-9-19-10-8-17/h3,5H,2,4,6-10H2,1H3,(H2,13,15,18). The second kappa shape index (κ2) is 7.10. The van der Waals surface area contributed by atoms with Crippen molar-refractivity contribution in [2.45, 2.75) is 6.42 Å². The van der Waals surface area contributed by atoms with Gasteiger partial charge in [0.2, 0.25) is 0 Å². The summed E-state index contributed by atoms with van der Waals surface area (Å²) in [5.74, 6) is 0.686. The molecule has 1 aliphatic heterocycles. The molecule has 1 aromatic rings. The van der Waals surface area contributed by atoms with Gasteiger partial charge in [0.05, 0.1) is 19.4 Å². The molecule has 0 saturated carbocycles. The molecule has 0 spiro atoms. The fourth-order valence-corrected chi connectivity index (χ4v) is 1.99. The SMILES string of the molecule is Cn1nccc1NC(=O)NCCCN1CCOCC1. The molecule has 7 nitrogen and oxygen atoms in total. The van der Waals surface area contributed by atoms with Crippen molar-refractivity contribution in [3.63, 3.8) is 0 Å². The molecule has 1 aromatic heterocycles. The van der Waals surface area contributed by atoms with Crippen LogP contribution in [0.3, 0.4) is 0 Å². The Bertz CT molecular complexity index is 401. The molecule has 0 atom stereocenters. The van der Waals surface area contributed by atoms with E-state index in [0.29, 0.717) is 12.4 Å². The van der Waals surface area contributed by atoms with Gasteiger partial charge in [-0.05, 0) is 13.0 Å². The van der Waals surface area contributed by atoms with Crippen molar-refractivity contribution in [2.75, 3.05) is 44.7 Å². The van der Waals surface area contributed by atoms with Crippen molar-refractivity contribution >= 4 is 11.8 Å². The van der Waals surface area contributed by atoms with E-state index in [2.05, 4.69) is 20.6 Å². The van der Waals surface area contributed by atoms with Gasteiger partial charge in [0.15, 0.2) is 0 Å². The van der Waals surface area contributed by atoms with Gasteiger partial charge >= 0.3 is 6.03 Å². The number of hydrogen-bond acceptors (Lipinski definition) is 4. The zero-order chi connectivity index (χ0) is 13.5. The van der Waals surface area contributed by atoms with E-state index in [4.69, 9.17) is 4.74 Å². The number of hydrogen-bond donors (Lipinski definition) is 2. The fourth-order valence-electron chi connectivity index (χ4n) is 1.99. The van der Waals surface area contributed by atoms with Crippen molar-refractivity contribution in [1.29, 1.82) is 0 Å². The van der Waals surface area contributed by atoms with E-state index in [9.17, 15) is 4.79 Å². The lowest BCUT2D eigenvalue weighted by Gasteiger charge is -2.26. The number of aryl methyl sites for hydroxylation is 1. The summed E-state index contributed by atoms with van der Waals surface area (Å²) in [6, 6.07) is 1.57. The summed E-state index contributed by atoms with van der Waals surface area (Å²) in [4.78, 5) is 14.0. The number of carbonyl (C=O) groups is 1. The Hall–Kier alpha value is -1.60. The number of nitrogens with one attached hydrogen (secondary N) is 2. The lowest BCUT2D eigenvalue weighted by atomic mass is 10.3. The summed E-state index contributed by atoms with van der Waals surface area (Å²) < 4.78 is 6.90. The highest BCUT2D eigenvalue weighted by Gasteiger charge is 2.09. The number of amides is 2. The number of ether oxygens (including phenoxy) is 1.